The van der Waals surface area contributed by atoms with E-state index < -0.39 is 0 Å². The molecule has 0 saturated heterocycles. The van der Waals surface area contributed by atoms with Crippen molar-refractivity contribution in [1.29, 1.82) is 0 Å². The molecule has 0 aromatic rings. The molecule has 1 nitrogen and oxygen atoms in total. The number of hydrogen-bond donors (Lipinski definition) is 0. The highest BCUT2D eigenvalue weighted by Gasteiger charge is 2.40. The van der Waals surface area contributed by atoms with Gasteiger partial charge in [-0.3, -0.25) is 4.79 Å². The zero-order chi connectivity index (χ0) is 11.3. The predicted molar refractivity (Wildman–Crippen MR) is 72.0 cm³/mol. The van der Waals surface area contributed by atoms with E-state index >= 15 is 0 Å². The van der Waals surface area contributed by atoms with Crippen LogP contribution >= 0.6 is 31.9 Å². The average molecular weight is 340 g/mol. The highest BCUT2D eigenvalue weighted by Crippen LogP contribution is 2.39. The molecule has 3 heteroatoms. The number of rotatable bonds is 5. The quantitative estimate of drug-likeness (QED) is 0.528. The molecule has 1 aliphatic rings. The first-order chi connectivity index (χ1) is 7.10. The number of unbranched alkanes of at least 4 members (excludes halogenated alkanes) is 3. The van der Waals surface area contributed by atoms with Crippen molar-refractivity contribution in [2.45, 2.75) is 67.4 Å². The second-order valence-electron chi connectivity index (χ2n) is 4.50. The van der Waals surface area contributed by atoms with Crippen LogP contribution in [0.25, 0.3) is 0 Å². The van der Waals surface area contributed by atoms with Crippen LogP contribution in [0.15, 0.2) is 0 Å². The van der Waals surface area contributed by atoms with Crippen molar-refractivity contribution in [1.82, 2.24) is 0 Å². The Morgan fingerprint density at radius 2 is 2.13 bits per heavy atom. The molecular weight excluding hydrogens is 320 g/mol. The van der Waals surface area contributed by atoms with Crippen molar-refractivity contribution in [2.75, 3.05) is 0 Å². The smallest absolute Gasteiger partial charge is 0.163 e. The minimum Gasteiger partial charge on any atom is -0.297 e. The van der Waals surface area contributed by atoms with Crippen molar-refractivity contribution in [3.63, 3.8) is 0 Å². The number of carbonyl (C=O) groups excluding carboxylic acids is 1. The zero-order valence-electron chi connectivity index (χ0n) is 9.40. The lowest BCUT2D eigenvalue weighted by atomic mass is 9.84. The van der Waals surface area contributed by atoms with Crippen molar-refractivity contribution in [3.8, 4) is 0 Å². The molecule has 0 N–H and O–H groups in total. The van der Waals surface area contributed by atoms with Crippen molar-refractivity contribution in [3.05, 3.63) is 0 Å². The third-order valence-corrected chi connectivity index (χ3v) is 5.24. The lowest BCUT2D eigenvalue weighted by Gasteiger charge is -2.32. The molecule has 1 saturated carbocycles. The van der Waals surface area contributed by atoms with Crippen LogP contribution in [0.1, 0.15) is 58.3 Å². The number of alkyl halides is 2. The summed E-state index contributed by atoms with van der Waals surface area (Å²) >= 11 is 7.15. The molecule has 1 fully saturated rings. The third-order valence-electron chi connectivity index (χ3n) is 3.18. The van der Waals surface area contributed by atoms with Crippen LogP contribution in [0.2, 0.25) is 0 Å². The van der Waals surface area contributed by atoms with E-state index in [0.29, 0.717) is 5.78 Å². The molecule has 0 aromatic heterocycles. The van der Waals surface area contributed by atoms with E-state index in [1.165, 1.54) is 25.7 Å². The molecule has 0 radical (unpaired) electrons. The van der Waals surface area contributed by atoms with Gasteiger partial charge in [-0.05, 0) is 19.3 Å². The van der Waals surface area contributed by atoms with Crippen LogP contribution in [0.5, 0.6) is 0 Å². The van der Waals surface area contributed by atoms with Crippen molar-refractivity contribution in [2.24, 2.45) is 0 Å². The minimum atomic E-state index is -0.215. The van der Waals surface area contributed by atoms with Gasteiger partial charge in [0.2, 0.25) is 0 Å². The number of carbonyl (C=O) groups is 1. The largest absolute Gasteiger partial charge is 0.297 e. The topological polar surface area (TPSA) is 17.1 Å². The molecule has 88 valence electrons. The first-order valence-electron chi connectivity index (χ1n) is 5.97. The molecule has 0 aliphatic heterocycles. The zero-order valence-corrected chi connectivity index (χ0v) is 12.6. The summed E-state index contributed by atoms with van der Waals surface area (Å²) in [6.45, 7) is 2.21. The first-order valence-corrected chi connectivity index (χ1v) is 7.68. The lowest BCUT2D eigenvalue weighted by molar-refractivity contribution is -0.122. The molecular formula is C12H20Br2O. The van der Waals surface area contributed by atoms with Gasteiger partial charge in [-0.25, -0.2) is 0 Å². The summed E-state index contributed by atoms with van der Waals surface area (Å²) in [5.41, 5.74) is 0. The summed E-state index contributed by atoms with van der Waals surface area (Å²) in [4.78, 5) is 12.1. The van der Waals surface area contributed by atoms with E-state index in [4.69, 9.17) is 0 Å². The van der Waals surface area contributed by atoms with E-state index in [1.807, 2.05) is 0 Å². The van der Waals surface area contributed by atoms with Crippen molar-refractivity contribution < 1.29 is 4.79 Å². The van der Waals surface area contributed by atoms with Gasteiger partial charge in [0.1, 0.15) is 0 Å². The Morgan fingerprint density at radius 1 is 1.40 bits per heavy atom. The van der Waals surface area contributed by atoms with Gasteiger partial charge in [0, 0.05) is 0 Å². The third kappa shape index (κ3) is 3.85. The normalized spacial score (nSPS) is 31.9. The maximum Gasteiger partial charge on any atom is 0.163 e. The van der Waals surface area contributed by atoms with Crippen LogP contribution in [-0.4, -0.2) is 14.9 Å². The van der Waals surface area contributed by atoms with Gasteiger partial charge in [-0.15, -0.1) is 0 Å². The monoisotopic (exact) mass is 338 g/mol. The Balaban J connectivity index is 2.39. The summed E-state index contributed by atoms with van der Waals surface area (Å²) in [6.07, 6.45) is 9.14. The van der Waals surface area contributed by atoms with Crippen LogP contribution in [0.3, 0.4) is 0 Å². The van der Waals surface area contributed by atoms with E-state index in [2.05, 4.69) is 38.8 Å². The standard InChI is InChI=1S/C12H20Br2O/c1-2-3-4-5-8-12(14)9-6-7-10(13)11(12)15/h10H,2-9H2,1H3. The van der Waals surface area contributed by atoms with Gasteiger partial charge in [-0.1, -0.05) is 70.9 Å². The summed E-state index contributed by atoms with van der Waals surface area (Å²) < 4.78 is -0.215. The van der Waals surface area contributed by atoms with Crippen LogP contribution in [-0.2, 0) is 4.79 Å². The van der Waals surface area contributed by atoms with Gasteiger partial charge in [0.25, 0.3) is 0 Å². The molecule has 15 heavy (non-hydrogen) atoms. The average Bonchev–Trinajstić information content (AvgIpc) is 2.21. The van der Waals surface area contributed by atoms with E-state index in [-0.39, 0.29) is 9.15 Å². The summed E-state index contributed by atoms with van der Waals surface area (Å²) in [6, 6.07) is 0. The fourth-order valence-corrected chi connectivity index (χ4v) is 4.08. The maximum atomic E-state index is 12.0. The second-order valence-corrected chi connectivity index (χ2v) is 7.12. The Morgan fingerprint density at radius 3 is 2.80 bits per heavy atom. The highest BCUT2D eigenvalue weighted by molar-refractivity contribution is 9.11. The number of halogens is 2. The number of Topliss-reactive ketones (excluding diaryl/α,β-unsaturated/α-hetero) is 1. The molecule has 2 atom stereocenters. The van der Waals surface area contributed by atoms with Crippen LogP contribution in [0, 0.1) is 0 Å². The summed E-state index contributed by atoms with van der Waals surface area (Å²) in [5.74, 6) is 0.366. The second kappa shape index (κ2) is 6.39. The SMILES string of the molecule is CCCCCCC1(Br)CCCC(Br)C1=O. The van der Waals surface area contributed by atoms with E-state index in [0.717, 1.165) is 25.7 Å². The van der Waals surface area contributed by atoms with Crippen molar-refractivity contribution >= 4 is 37.6 Å². The van der Waals surface area contributed by atoms with Crippen LogP contribution in [0.4, 0.5) is 0 Å². The Labute approximate surface area is 110 Å². The number of hydrogen-bond acceptors (Lipinski definition) is 1. The number of ketones is 1. The van der Waals surface area contributed by atoms with Gasteiger partial charge in [0.05, 0.1) is 9.15 Å². The Kier molecular flexibility index (Phi) is 5.83. The molecule has 0 amide bonds. The summed E-state index contributed by atoms with van der Waals surface area (Å²) in [7, 11) is 0. The molecule has 0 heterocycles. The van der Waals surface area contributed by atoms with E-state index in [9.17, 15) is 4.79 Å². The maximum absolute atomic E-state index is 12.0. The fourth-order valence-electron chi connectivity index (χ4n) is 2.18. The Hall–Kier alpha value is 0.630. The molecule has 1 aliphatic carbocycles. The molecule has 1 rings (SSSR count). The van der Waals surface area contributed by atoms with Crippen LogP contribution < -0.4 is 0 Å². The van der Waals surface area contributed by atoms with E-state index in [1.54, 1.807) is 0 Å². The highest BCUT2D eigenvalue weighted by atomic mass is 79.9. The first kappa shape index (κ1) is 13.7. The molecule has 0 bridgehead atoms. The molecule has 2 unspecified atom stereocenters. The van der Waals surface area contributed by atoms with Gasteiger partial charge < -0.3 is 0 Å². The van der Waals surface area contributed by atoms with Gasteiger partial charge >= 0.3 is 0 Å². The minimum absolute atomic E-state index is 0.0804. The fraction of sp³-hybridized carbons (Fsp3) is 0.917. The van der Waals surface area contributed by atoms with Gasteiger partial charge in [-0.2, -0.15) is 0 Å². The van der Waals surface area contributed by atoms with Gasteiger partial charge in [0.15, 0.2) is 5.78 Å². The molecule has 0 aromatic carbocycles. The summed E-state index contributed by atoms with van der Waals surface area (Å²) in [5, 5.41) is 0. The predicted octanol–water partition coefficient (Wildman–Crippen LogP) is 4.61. The lowest BCUT2D eigenvalue weighted by Crippen LogP contribution is -2.41. The Bertz CT molecular complexity index is 218. The molecule has 0 spiro atoms.